The zero-order valence-electron chi connectivity index (χ0n) is 18.5. The van der Waals surface area contributed by atoms with Crippen molar-refractivity contribution < 1.29 is 18.1 Å². The van der Waals surface area contributed by atoms with E-state index in [9.17, 15) is 23.3 Å². The molecule has 1 aliphatic rings. The first-order valence-corrected chi connectivity index (χ1v) is 12.3. The Kier molecular flexibility index (Phi) is 6.55. The third-order valence-corrected chi connectivity index (χ3v) is 6.93. The zero-order valence-corrected chi connectivity index (χ0v) is 19.3. The van der Waals surface area contributed by atoms with E-state index < -0.39 is 20.9 Å². The number of nitrogens with one attached hydrogen (secondary N) is 1. The number of benzene rings is 2. The van der Waals surface area contributed by atoms with Crippen molar-refractivity contribution in [2.75, 3.05) is 11.4 Å². The summed E-state index contributed by atoms with van der Waals surface area (Å²) in [6.45, 7) is 3.33. The van der Waals surface area contributed by atoms with Crippen molar-refractivity contribution in [1.82, 2.24) is 14.7 Å². The molecule has 0 unspecified atom stereocenters. The van der Waals surface area contributed by atoms with Crippen LogP contribution in [0.3, 0.4) is 0 Å². The second-order valence-electron chi connectivity index (χ2n) is 7.91. The summed E-state index contributed by atoms with van der Waals surface area (Å²) in [6, 6.07) is 12.5. The number of hydrogen-bond donors (Lipinski definition) is 1. The maximum atomic E-state index is 12.9. The first-order valence-electron chi connectivity index (χ1n) is 10.8. The Balaban J connectivity index is 1.56. The van der Waals surface area contributed by atoms with Crippen LogP contribution in [0.2, 0.25) is 0 Å². The molecule has 0 atom stereocenters. The fourth-order valence-corrected chi connectivity index (χ4v) is 4.79. The van der Waals surface area contributed by atoms with Crippen molar-refractivity contribution >= 4 is 27.6 Å². The molecule has 0 bridgehead atoms. The Morgan fingerprint density at radius 2 is 1.85 bits per heavy atom. The van der Waals surface area contributed by atoms with Crippen molar-refractivity contribution in [3.05, 3.63) is 87.2 Å². The van der Waals surface area contributed by atoms with E-state index in [2.05, 4.69) is 22.1 Å². The molecule has 0 radical (unpaired) electrons. The third kappa shape index (κ3) is 4.88. The number of nitrogens with zero attached hydrogens (tertiary/aromatic N) is 4. The minimum Gasteiger partial charge on any atom is -0.336 e. The van der Waals surface area contributed by atoms with Crippen LogP contribution in [0.4, 0.5) is 11.6 Å². The van der Waals surface area contributed by atoms with Gasteiger partial charge in [-0.1, -0.05) is 37.6 Å². The number of aromatic nitrogens is 2. The van der Waals surface area contributed by atoms with E-state index in [-0.39, 0.29) is 16.1 Å². The number of anilines is 1. The molecule has 10 nitrogen and oxygen atoms in total. The molecule has 0 aliphatic carbocycles. The normalized spacial score (nSPS) is 13.3. The molecule has 11 heteroatoms. The minimum absolute atomic E-state index is 0.0773. The maximum absolute atomic E-state index is 12.9. The smallest absolute Gasteiger partial charge is 0.269 e. The molecule has 0 saturated heterocycles. The van der Waals surface area contributed by atoms with Crippen LogP contribution in [0.25, 0.3) is 0 Å². The molecule has 3 aromatic rings. The van der Waals surface area contributed by atoms with Gasteiger partial charge in [0, 0.05) is 31.4 Å². The highest BCUT2D eigenvalue weighted by atomic mass is 32.2. The maximum Gasteiger partial charge on any atom is 0.269 e. The van der Waals surface area contributed by atoms with Crippen molar-refractivity contribution in [3.63, 3.8) is 0 Å². The van der Waals surface area contributed by atoms with Crippen LogP contribution in [-0.2, 0) is 29.4 Å². The fourth-order valence-electron chi connectivity index (χ4n) is 3.83. The number of fused-ring (bicyclic) bond motifs is 1. The van der Waals surface area contributed by atoms with E-state index in [0.29, 0.717) is 31.0 Å². The van der Waals surface area contributed by atoms with E-state index in [1.165, 1.54) is 17.3 Å². The lowest BCUT2D eigenvalue weighted by molar-refractivity contribution is -0.384. The lowest BCUT2D eigenvalue weighted by Gasteiger charge is -2.29. The minimum atomic E-state index is -4.23. The number of nitro benzene ring substituents is 1. The molecule has 0 fully saturated rings. The van der Waals surface area contributed by atoms with E-state index >= 15 is 0 Å². The summed E-state index contributed by atoms with van der Waals surface area (Å²) in [5.41, 5.74) is 2.78. The molecule has 4 rings (SSSR count). The van der Waals surface area contributed by atoms with Crippen molar-refractivity contribution in [2.45, 2.75) is 37.6 Å². The number of carbonyl (C=O) groups excluding carboxylic acids is 1. The number of sulfonamides is 1. The summed E-state index contributed by atoms with van der Waals surface area (Å²) in [5.74, 6) is -0.356. The van der Waals surface area contributed by atoms with Crippen LogP contribution in [0.1, 0.15) is 40.5 Å². The van der Waals surface area contributed by atoms with Crippen molar-refractivity contribution in [1.29, 1.82) is 0 Å². The summed E-state index contributed by atoms with van der Waals surface area (Å²) < 4.78 is 27.3. The zero-order chi connectivity index (χ0) is 24.3. The number of non-ortho nitro benzene ring substituents is 1. The van der Waals surface area contributed by atoms with Gasteiger partial charge in [-0.3, -0.25) is 14.9 Å². The summed E-state index contributed by atoms with van der Waals surface area (Å²) in [6.07, 6.45) is 3.39. The highest BCUT2D eigenvalue weighted by molar-refractivity contribution is 7.90. The van der Waals surface area contributed by atoms with Crippen LogP contribution in [-0.4, -0.2) is 35.8 Å². The molecule has 176 valence electrons. The van der Waals surface area contributed by atoms with E-state index in [4.69, 9.17) is 0 Å². The summed E-state index contributed by atoms with van der Waals surface area (Å²) in [4.78, 5) is 33.8. The van der Waals surface area contributed by atoms with Crippen molar-refractivity contribution in [3.8, 4) is 0 Å². The van der Waals surface area contributed by atoms with Gasteiger partial charge in [0.2, 0.25) is 5.95 Å². The van der Waals surface area contributed by atoms with Gasteiger partial charge in [0.15, 0.2) is 0 Å². The molecule has 0 saturated carbocycles. The number of nitro groups is 1. The van der Waals surface area contributed by atoms with Gasteiger partial charge in [-0.15, -0.1) is 0 Å². The predicted molar refractivity (Wildman–Crippen MR) is 125 cm³/mol. The van der Waals surface area contributed by atoms with Gasteiger partial charge < -0.3 is 4.90 Å². The van der Waals surface area contributed by atoms with Crippen LogP contribution in [0, 0.1) is 10.1 Å². The fraction of sp³-hybridized carbons (Fsp3) is 0.261. The number of hydrogen-bond acceptors (Lipinski definition) is 8. The van der Waals surface area contributed by atoms with Gasteiger partial charge in [0.25, 0.3) is 21.6 Å². The molecule has 1 amide bonds. The Morgan fingerprint density at radius 1 is 1.15 bits per heavy atom. The second-order valence-corrected chi connectivity index (χ2v) is 9.59. The molecule has 1 N–H and O–H groups in total. The molecule has 1 aromatic heterocycles. The molecule has 34 heavy (non-hydrogen) atoms. The van der Waals surface area contributed by atoms with Gasteiger partial charge in [0.1, 0.15) is 0 Å². The van der Waals surface area contributed by atoms with Gasteiger partial charge >= 0.3 is 0 Å². The Morgan fingerprint density at radius 3 is 2.53 bits per heavy atom. The largest absolute Gasteiger partial charge is 0.336 e. The highest BCUT2D eigenvalue weighted by Gasteiger charge is 2.24. The van der Waals surface area contributed by atoms with Crippen LogP contribution < -0.4 is 9.62 Å². The number of aryl methyl sites for hydroxylation is 1. The van der Waals surface area contributed by atoms with Crippen LogP contribution in [0.5, 0.6) is 0 Å². The topological polar surface area (TPSA) is 135 Å². The first kappa shape index (κ1) is 23.3. The lowest BCUT2D eigenvalue weighted by Crippen LogP contribution is -2.34. The second kappa shape index (κ2) is 9.56. The van der Waals surface area contributed by atoms with E-state index in [0.717, 1.165) is 37.2 Å². The summed E-state index contributed by atoms with van der Waals surface area (Å²) in [5, 5.41) is 10.8. The Labute approximate surface area is 196 Å². The monoisotopic (exact) mass is 481 g/mol. The summed E-state index contributed by atoms with van der Waals surface area (Å²) in [7, 11) is -4.23. The highest BCUT2D eigenvalue weighted by Crippen LogP contribution is 2.23. The molecule has 2 aromatic carbocycles. The number of carbonyl (C=O) groups is 1. The average molecular weight is 482 g/mol. The standard InChI is InChI=1S/C23H23N5O5S/c1-2-5-21-20(22(29)26-34(32,33)19-10-8-18(9-11-19)28(30)31)14-24-23(25-21)27-13-12-16-6-3-4-7-17(16)15-27/h3-4,6-11,14H,2,5,12-13,15H2,1H3,(H,26,29). The summed E-state index contributed by atoms with van der Waals surface area (Å²) >= 11 is 0. The van der Waals surface area contributed by atoms with Crippen LogP contribution >= 0.6 is 0 Å². The third-order valence-electron chi connectivity index (χ3n) is 5.58. The number of rotatable bonds is 7. The SMILES string of the molecule is CCCc1nc(N2CCc3ccccc3C2)ncc1C(=O)NS(=O)(=O)c1ccc([N+](=O)[O-])cc1. The van der Waals surface area contributed by atoms with Gasteiger partial charge in [-0.25, -0.2) is 23.1 Å². The Bertz CT molecular complexity index is 1340. The molecular formula is C23H23N5O5S. The molecule has 1 aliphatic heterocycles. The van der Waals surface area contributed by atoms with Crippen molar-refractivity contribution in [2.24, 2.45) is 0 Å². The quantitative estimate of drug-likeness (QED) is 0.402. The van der Waals surface area contributed by atoms with Gasteiger partial charge in [-0.05, 0) is 36.1 Å². The van der Waals surface area contributed by atoms with Crippen LogP contribution in [0.15, 0.2) is 59.6 Å². The number of amides is 1. The predicted octanol–water partition coefficient (Wildman–Crippen LogP) is 3.02. The molecule has 0 spiro atoms. The first-order chi connectivity index (χ1) is 16.3. The Hall–Kier alpha value is -3.86. The molecular weight excluding hydrogens is 458 g/mol. The van der Waals surface area contributed by atoms with Gasteiger partial charge in [0.05, 0.1) is 21.1 Å². The van der Waals surface area contributed by atoms with Gasteiger partial charge in [-0.2, -0.15) is 0 Å². The van der Waals surface area contributed by atoms with E-state index in [1.54, 1.807) is 0 Å². The van der Waals surface area contributed by atoms with E-state index in [1.807, 2.05) is 28.7 Å². The lowest BCUT2D eigenvalue weighted by atomic mass is 10.0. The molecule has 2 heterocycles. The average Bonchev–Trinajstić information content (AvgIpc) is 2.83.